The quantitative estimate of drug-likeness (QED) is 0.282. The lowest BCUT2D eigenvalue weighted by atomic mass is 10.0. The van der Waals surface area contributed by atoms with Gasteiger partial charge in [-0.25, -0.2) is 4.79 Å². The highest BCUT2D eigenvalue weighted by molar-refractivity contribution is 6.42. The zero-order valence-electron chi connectivity index (χ0n) is 17.8. The van der Waals surface area contributed by atoms with Crippen LogP contribution in [0.2, 0.25) is 10.0 Å². The Morgan fingerprint density at radius 2 is 1.73 bits per heavy atom. The maximum Gasteiger partial charge on any atom is 0.335 e. The van der Waals surface area contributed by atoms with Gasteiger partial charge < -0.3 is 19.9 Å². The van der Waals surface area contributed by atoms with E-state index in [1.54, 1.807) is 31.4 Å². The number of fused-ring (bicyclic) bond motifs is 1. The van der Waals surface area contributed by atoms with Crippen LogP contribution in [0.1, 0.15) is 21.5 Å². The first-order valence-electron chi connectivity index (χ1n) is 10.2. The number of benzene rings is 4. The minimum atomic E-state index is -1.00. The maximum absolute atomic E-state index is 11.4. The van der Waals surface area contributed by atoms with E-state index >= 15 is 0 Å². The van der Waals surface area contributed by atoms with Gasteiger partial charge in [0.15, 0.2) is 0 Å². The number of carboxylic acid groups (broad SMARTS) is 1. The van der Waals surface area contributed by atoms with E-state index in [-0.39, 0.29) is 5.56 Å². The van der Waals surface area contributed by atoms with Gasteiger partial charge in [-0.3, -0.25) is 0 Å². The molecule has 168 valence electrons. The van der Waals surface area contributed by atoms with Crippen molar-refractivity contribution in [2.75, 3.05) is 12.4 Å². The monoisotopic (exact) mass is 481 g/mol. The first kappa shape index (κ1) is 22.8. The van der Waals surface area contributed by atoms with Gasteiger partial charge in [0.05, 0.1) is 28.4 Å². The van der Waals surface area contributed by atoms with Crippen LogP contribution >= 0.6 is 23.2 Å². The number of carbonyl (C=O) groups is 1. The molecule has 4 rings (SSSR count). The normalized spacial score (nSPS) is 10.8. The Kier molecular flexibility index (Phi) is 6.92. The lowest BCUT2D eigenvalue weighted by Crippen LogP contribution is -2.07. The van der Waals surface area contributed by atoms with Crippen LogP contribution in [0.5, 0.6) is 11.5 Å². The molecule has 0 unspecified atom stereocenters. The Morgan fingerprint density at radius 1 is 0.939 bits per heavy atom. The smallest absolute Gasteiger partial charge is 0.335 e. The van der Waals surface area contributed by atoms with Crippen LogP contribution in [0.3, 0.4) is 0 Å². The Bertz CT molecular complexity index is 1320. The van der Waals surface area contributed by atoms with E-state index in [0.29, 0.717) is 40.4 Å². The first-order chi connectivity index (χ1) is 16.0. The second-order valence-corrected chi connectivity index (χ2v) is 8.19. The van der Waals surface area contributed by atoms with Crippen molar-refractivity contribution in [1.29, 1.82) is 0 Å². The Hall–Kier alpha value is -3.41. The number of nitrogens with one attached hydrogen (secondary N) is 1. The molecule has 0 radical (unpaired) electrons. The lowest BCUT2D eigenvalue weighted by molar-refractivity contribution is 0.0697. The minimum Gasteiger partial charge on any atom is -0.495 e. The van der Waals surface area contributed by atoms with Crippen molar-refractivity contribution in [1.82, 2.24) is 0 Å². The van der Waals surface area contributed by atoms with Crippen molar-refractivity contribution < 1.29 is 19.4 Å². The summed E-state index contributed by atoms with van der Waals surface area (Å²) in [6.45, 7) is 0.720. The molecule has 4 aromatic rings. The highest BCUT2D eigenvalue weighted by Gasteiger charge is 2.13. The molecular weight excluding hydrogens is 461 g/mol. The van der Waals surface area contributed by atoms with Crippen molar-refractivity contribution in [2.45, 2.75) is 13.2 Å². The standard InChI is InChI=1S/C26H21Cl2NO4/c1-32-25-11-8-18(26(30)31)13-23(25)29-14-20-19-5-3-2-4-17(19)7-10-24(20)33-15-16-6-9-21(27)22(28)12-16/h2-13,29H,14-15H2,1H3,(H,30,31). The molecule has 0 aliphatic carbocycles. The number of carboxylic acids is 1. The zero-order chi connectivity index (χ0) is 23.4. The van der Waals surface area contributed by atoms with E-state index in [1.807, 2.05) is 42.5 Å². The van der Waals surface area contributed by atoms with Gasteiger partial charge in [0, 0.05) is 12.1 Å². The molecule has 2 N–H and O–H groups in total. The lowest BCUT2D eigenvalue weighted by Gasteiger charge is -2.17. The Labute approximate surface area is 201 Å². The van der Waals surface area contributed by atoms with Gasteiger partial charge in [-0.1, -0.05) is 59.6 Å². The largest absolute Gasteiger partial charge is 0.495 e. The fourth-order valence-electron chi connectivity index (χ4n) is 3.59. The van der Waals surface area contributed by atoms with Crippen LogP contribution in [0.4, 0.5) is 5.69 Å². The van der Waals surface area contributed by atoms with Crippen LogP contribution in [0.15, 0.2) is 72.8 Å². The molecule has 0 spiro atoms. The average molecular weight is 482 g/mol. The van der Waals surface area contributed by atoms with Gasteiger partial charge in [-0.15, -0.1) is 0 Å². The zero-order valence-corrected chi connectivity index (χ0v) is 19.3. The van der Waals surface area contributed by atoms with E-state index in [0.717, 1.165) is 21.9 Å². The molecule has 4 aromatic carbocycles. The van der Waals surface area contributed by atoms with Crippen molar-refractivity contribution >= 4 is 45.6 Å². The molecule has 5 nitrogen and oxygen atoms in total. The van der Waals surface area contributed by atoms with Gasteiger partial charge in [0.2, 0.25) is 0 Å². The third-order valence-electron chi connectivity index (χ3n) is 5.28. The number of anilines is 1. The maximum atomic E-state index is 11.4. The average Bonchev–Trinajstić information content (AvgIpc) is 2.83. The van der Waals surface area contributed by atoms with Crippen molar-refractivity contribution in [3.8, 4) is 11.5 Å². The first-order valence-corrected chi connectivity index (χ1v) is 10.9. The molecule has 0 bridgehead atoms. The molecule has 0 aliphatic heterocycles. The van der Waals surface area contributed by atoms with E-state index in [1.165, 1.54) is 6.07 Å². The molecule has 33 heavy (non-hydrogen) atoms. The van der Waals surface area contributed by atoms with Crippen molar-refractivity contribution in [2.24, 2.45) is 0 Å². The molecule has 7 heteroatoms. The highest BCUT2D eigenvalue weighted by Crippen LogP contribution is 2.32. The van der Waals surface area contributed by atoms with E-state index in [4.69, 9.17) is 32.7 Å². The summed E-state index contributed by atoms with van der Waals surface area (Å²) in [5.74, 6) is 0.260. The second-order valence-electron chi connectivity index (χ2n) is 7.37. The molecule has 0 aliphatic rings. The summed E-state index contributed by atoms with van der Waals surface area (Å²) in [7, 11) is 1.55. The predicted octanol–water partition coefficient (Wildman–Crippen LogP) is 7.04. The van der Waals surface area contributed by atoms with E-state index < -0.39 is 5.97 Å². The third kappa shape index (κ3) is 5.16. The summed E-state index contributed by atoms with van der Waals surface area (Å²) in [4.78, 5) is 11.4. The highest BCUT2D eigenvalue weighted by atomic mass is 35.5. The molecule has 0 fully saturated rings. The van der Waals surface area contributed by atoms with Crippen molar-refractivity contribution in [3.63, 3.8) is 0 Å². The number of rotatable bonds is 8. The summed E-state index contributed by atoms with van der Waals surface area (Å²) in [5, 5.41) is 15.7. The van der Waals surface area contributed by atoms with Crippen LogP contribution in [0.25, 0.3) is 10.8 Å². The molecule has 0 atom stereocenters. The molecule has 0 saturated carbocycles. The molecule has 0 saturated heterocycles. The van der Waals surface area contributed by atoms with Crippen LogP contribution < -0.4 is 14.8 Å². The van der Waals surface area contributed by atoms with Gasteiger partial charge in [-0.05, 0) is 52.7 Å². The van der Waals surface area contributed by atoms with Crippen molar-refractivity contribution in [3.05, 3.63) is 99.5 Å². The number of ether oxygens (including phenoxy) is 2. The van der Waals surface area contributed by atoms with E-state index in [9.17, 15) is 9.90 Å². The van der Waals surface area contributed by atoms with E-state index in [2.05, 4.69) is 5.32 Å². The molecule has 0 amide bonds. The number of hydrogen-bond acceptors (Lipinski definition) is 4. The summed E-state index contributed by atoms with van der Waals surface area (Å²) < 4.78 is 11.6. The summed E-state index contributed by atoms with van der Waals surface area (Å²) in [6, 6.07) is 22.1. The predicted molar refractivity (Wildman–Crippen MR) is 132 cm³/mol. The summed E-state index contributed by atoms with van der Waals surface area (Å²) >= 11 is 12.2. The number of methoxy groups -OCH3 is 1. The van der Waals surface area contributed by atoms with Crippen LogP contribution in [-0.2, 0) is 13.2 Å². The Balaban J connectivity index is 1.65. The fraction of sp³-hybridized carbons (Fsp3) is 0.115. The summed E-state index contributed by atoms with van der Waals surface area (Å²) in [6.07, 6.45) is 0. The number of hydrogen-bond donors (Lipinski definition) is 2. The molecule has 0 heterocycles. The topological polar surface area (TPSA) is 67.8 Å². The van der Waals surface area contributed by atoms with Crippen LogP contribution in [-0.4, -0.2) is 18.2 Å². The molecular formula is C26H21Cl2NO4. The van der Waals surface area contributed by atoms with Gasteiger partial charge in [-0.2, -0.15) is 0 Å². The Morgan fingerprint density at radius 3 is 2.48 bits per heavy atom. The summed E-state index contributed by atoms with van der Waals surface area (Å²) in [5.41, 5.74) is 2.59. The number of aromatic carboxylic acids is 1. The van der Waals surface area contributed by atoms with Crippen LogP contribution in [0, 0.1) is 0 Å². The van der Waals surface area contributed by atoms with Gasteiger partial charge in [0.1, 0.15) is 18.1 Å². The van der Waals surface area contributed by atoms with Gasteiger partial charge in [0.25, 0.3) is 0 Å². The molecule has 0 aromatic heterocycles. The van der Waals surface area contributed by atoms with Gasteiger partial charge >= 0.3 is 5.97 Å². The fourth-order valence-corrected chi connectivity index (χ4v) is 3.91. The SMILES string of the molecule is COc1ccc(C(=O)O)cc1NCc1c(OCc2ccc(Cl)c(Cl)c2)ccc2ccccc12. The third-order valence-corrected chi connectivity index (χ3v) is 6.02. The second kappa shape index (κ2) is 10.0. The minimum absolute atomic E-state index is 0.173. The number of halogens is 2.